The molecule has 0 amide bonds. The van der Waals surface area contributed by atoms with Crippen LogP contribution >= 0.6 is 12.2 Å². The fourth-order valence-corrected chi connectivity index (χ4v) is 2.36. The molecule has 22 heavy (non-hydrogen) atoms. The predicted molar refractivity (Wildman–Crippen MR) is 90.7 cm³/mol. The molecule has 0 bridgehead atoms. The molecule has 2 heterocycles. The van der Waals surface area contributed by atoms with E-state index >= 15 is 0 Å². The van der Waals surface area contributed by atoms with Crippen LogP contribution < -0.4 is 0 Å². The zero-order valence-electron chi connectivity index (χ0n) is 11.4. The Morgan fingerprint density at radius 1 is 1.36 bits per heavy atom. The van der Waals surface area contributed by atoms with Crippen molar-refractivity contribution in [1.82, 2.24) is 9.97 Å². The average Bonchev–Trinajstić information content (AvgIpc) is 2.97. The van der Waals surface area contributed by atoms with Crippen LogP contribution in [0.4, 0.5) is 5.69 Å². The Bertz CT molecular complexity index is 942. The van der Waals surface area contributed by atoms with Crippen molar-refractivity contribution in [2.75, 3.05) is 0 Å². The molecule has 0 aliphatic carbocycles. The third-order valence-electron chi connectivity index (χ3n) is 3.25. The lowest BCUT2D eigenvalue weighted by Gasteiger charge is -1.99. The van der Waals surface area contributed by atoms with E-state index in [0.29, 0.717) is 11.3 Å². The van der Waals surface area contributed by atoms with E-state index in [0.717, 1.165) is 22.0 Å². The fraction of sp³-hybridized carbons (Fsp3) is 0. The number of aromatic nitrogens is 2. The number of hydrogen-bond donors (Lipinski definition) is 1. The zero-order valence-corrected chi connectivity index (χ0v) is 12.3. The van der Waals surface area contributed by atoms with Crippen LogP contribution in [0.1, 0.15) is 11.1 Å². The van der Waals surface area contributed by atoms with Gasteiger partial charge in [0, 0.05) is 35.1 Å². The van der Waals surface area contributed by atoms with Crippen molar-refractivity contribution >= 4 is 45.6 Å². The van der Waals surface area contributed by atoms with E-state index in [1.807, 2.05) is 42.6 Å². The number of aliphatic imine (C=N–C) groups is 1. The molecule has 2 aromatic heterocycles. The highest BCUT2D eigenvalue weighted by Gasteiger charge is 2.09. The molecule has 0 unspecified atom stereocenters. The Labute approximate surface area is 132 Å². The van der Waals surface area contributed by atoms with Gasteiger partial charge in [0.25, 0.3) is 0 Å². The maximum Gasteiger partial charge on any atom is 0.0998 e. The summed E-state index contributed by atoms with van der Waals surface area (Å²) in [7, 11) is 0. The minimum Gasteiger partial charge on any atom is -0.361 e. The van der Waals surface area contributed by atoms with E-state index in [1.54, 1.807) is 12.4 Å². The molecule has 3 aromatic rings. The van der Waals surface area contributed by atoms with Crippen molar-refractivity contribution in [2.45, 2.75) is 0 Å². The van der Waals surface area contributed by atoms with Crippen LogP contribution in [-0.4, -0.2) is 15.1 Å². The first-order valence-corrected chi connectivity index (χ1v) is 6.94. The summed E-state index contributed by atoms with van der Waals surface area (Å²) in [5.41, 5.74) is 3.90. The Balaban J connectivity index is 2.15. The Morgan fingerprint density at radius 3 is 3.00 bits per heavy atom. The molecule has 0 aliphatic rings. The van der Waals surface area contributed by atoms with Crippen LogP contribution in [-0.2, 0) is 0 Å². The van der Waals surface area contributed by atoms with E-state index in [4.69, 9.17) is 0 Å². The quantitative estimate of drug-likeness (QED) is 0.444. The van der Waals surface area contributed by atoms with Gasteiger partial charge in [0.15, 0.2) is 0 Å². The summed E-state index contributed by atoms with van der Waals surface area (Å²) in [4.78, 5) is 11.2. The fourth-order valence-electron chi connectivity index (χ4n) is 2.25. The molecule has 0 atom stereocenters. The highest BCUT2D eigenvalue weighted by molar-refractivity contribution is 7.78. The first-order valence-electron chi connectivity index (χ1n) is 6.53. The second-order valence-corrected chi connectivity index (χ2v) is 4.77. The largest absolute Gasteiger partial charge is 0.361 e. The lowest BCUT2D eigenvalue weighted by atomic mass is 10.0. The van der Waals surface area contributed by atoms with Crippen molar-refractivity contribution in [1.29, 1.82) is 5.26 Å². The predicted octanol–water partition coefficient (Wildman–Crippen LogP) is 4.36. The van der Waals surface area contributed by atoms with Gasteiger partial charge < -0.3 is 4.98 Å². The molecule has 0 fully saturated rings. The minimum absolute atomic E-state index is 0.558. The summed E-state index contributed by atoms with van der Waals surface area (Å²) in [6.07, 6.45) is 7.05. The molecule has 0 saturated heterocycles. The van der Waals surface area contributed by atoms with Gasteiger partial charge in [-0.15, -0.1) is 0 Å². The molecule has 0 aliphatic heterocycles. The maximum absolute atomic E-state index is 9.49. The third kappa shape index (κ3) is 2.70. The molecule has 1 N–H and O–H groups in total. The lowest BCUT2D eigenvalue weighted by molar-refractivity contribution is 1.32. The normalized spacial score (nSPS) is 11.0. The molecular weight excluding hydrogens is 292 g/mol. The number of hydrogen-bond acceptors (Lipinski definition) is 4. The molecule has 0 spiro atoms. The summed E-state index contributed by atoms with van der Waals surface area (Å²) < 4.78 is 0. The number of isothiocyanates is 1. The van der Waals surface area contributed by atoms with Gasteiger partial charge in [-0.2, -0.15) is 10.3 Å². The second kappa shape index (κ2) is 6.15. The number of benzene rings is 1. The summed E-state index contributed by atoms with van der Waals surface area (Å²) >= 11 is 4.64. The SMILES string of the molecule is N#C/C(=C\c1cccnc1)c1c[nH]c2ccc(N=C=S)cc12. The van der Waals surface area contributed by atoms with Gasteiger partial charge in [-0.1, -0.05) is 6.07 Å². The number of thiocarbonyl (C=S) groups is 1. The van der Waals surface area contributed by atoms with Crippen LogP contribution in [0, 0.1) is 11.3 Å². The summed E-state index contributed by atoms with van der Waals surface area (Å²) in [6, 6.07) is 11.6. The van der Waals surface area contributed by atoms with Crippen molar-refractivity contribution in [3.63, 3.8) is 0 Å². The van der Waals surface area contributed by atoms with Crippen molar-refractivity contribution < 1.29 is 0 Å². The first-order chi connectivity index (χ1) is 10.8. The zero-order chi connectivity index (χ0) is 15.4. The van der Waals surface area contributed by atoms with Crippen LogP contribution in [0.25, 0.3) is 22.6 Å². The molecule has 104 valence electrons. The van der Waals surface area contributed by atoms with Crippen molar-refractivity contribution in [3.05, 3.63) is 60.0 Å². The smallest absolute Gasteiger partial charge is 0.0998 e. The van der Waals surface area contributed by atoms with Gasteiger partial charge in [-0.05, 0) is 48.1 Å². The van der Waals surface area contributed by atoms with Crippen LogP contribution in [0.2, 0.25) is 0 Å². The number of rotatable bonds is 3. The lowest BCUT2D eigenvalue weighted by Crippen LogP contribution is -1.81. The monoisotopic (exact) mass is 302 g/mol. The van der Waals surface area contributed by atoms with Crippen molar-refractivity contribution in [2.24, 2.45) is 4.99 Å². The number of allylic oxidation sites excluding steroid dienone is 1. The molecule has 4 nitrogen and oxygen atoms in total. The number of fused-ring (bicyclic) bond motifs is 1. The number of nitrogens with zero attached hydrogens (tertiary/aromatic N) is 3. The van der Waals surface area contributed by atoms with E-state index in [1.165, 1.54) is 0 Å². The number of H-pyrrole nitrogens is 1. The number of nitriles is 1. The van der Waals surface area contributed by atoms with Crippen LogP contribution in [0.5, 0.6) is 0 Å². The second-order valence-electron chi connectivity index (χ2n) is 4.59. The Hall–Kier alpha value is -3.06. The van der Waals surface area contributed by atoms with E-state index in [-0.39, 0.29) is 0 Å². The van der Waals surface area contributed by atoms with Crippen LogP contribution in [0.15, 0.2) is 53.9 Å². The van der Waals surface area contributed by atoms with Gasteiger partial charge in [-0.25, -0.2) is 0 Å². The molecule has 3 rings (SSSR count). The minimum atomic E-state index is 0.558. The van der Waals surface area contributed by atoms with Gasteiger partial charge in [0.1, 0.15) is 0 Å². The summed E-state index contributed by atoms with van der Waals surface area (Å²) in [5, 5.41) is 12.8. The topological polar surface area (TPSA) is 64.8 Å². The van der Waals surface area contributed by atoms with E-state index < -0.39 is 0 Å². The highest BCUT2D eigenvalue weighted by Crippen LogP contribution is 2.29. The molecule has 5 heteroatoms. The van der Waals surface area contributed by atoms with Gasteiger partial charge in [0.2, 0.25) is 0 Å². The van der Waals surface area contributed by atoms with Crippen molar-refractivity contribution in [3.8, 4) is 6.07 Å². The van der Waals surface area contributed by atoms with Crippen LogP contribution in [0.3, 0.4) is 0 Å². The number of aromatic amines is 1. The number of nitrogens with one attached hydrogen (secondary N) is 1. The molecule has 0 radical (unpaired) electrons. The van der Waals surface area contributed by atoms with E-state index in [9.17, 15) is 5.26 Å². The van der Waals surface area contributed by atoms with Gasteiger partial charge in [-0.3, -0.25) is 4.98 Å². The maximum atomic E-state index is 9.49. The van der Waals surface area contributed by atoms with Gasteiger partial charge >= 0.3 is 0 Å². The standard InChI is InChI=1S/C17H10N4S/c18-8-13(6-12-2-1-5-19-9-12)16-10-20-17-4-3-14(21-11-22)7-15(16)17/h1-7,9-10,20H/b13-6+. The average molecular weight is 302 g/mol. The molecule has 1 aromatic carbocycles. The van der Waals surface area contributed by atoms with Gasteiger partial charge in [0.05, 0.1) is 22.5 Å². The van der Waals surface area contributed by atoms with E-state index in [2.05, 4.69) is 38.4 Å². The Kier molecular flexibility index (Phi) is 3.88. The summed E-state index contributed by atoms with van der Waals surface area (Å²) in [5.74, 6) is 0. The highest BCUT2D eigenvalue weighted by atomic mass is 32.1. The molecule has 0 saturated carbocycles. The Morgan fingerprint density at radius 2 is 2.27 bits per heavy atom. The summed E-state index contributed by atoms with van der Waals surface area (Å²) in [6.45, 7) is 0. The molecular formula is C17H10N4S. The first kappa shape index (κ1) is 13.9. The third-order valence-corrected chi connectivity index (χ3v) is 3.34. The number of pyridine rings is 1.